The highest BCUT2D eigenvalue weighted by Crippen LogP contribution is 2.11. The van der Waals surface area contributed by atoms with Crippen molar-refractivity contribution in [3.05, 3.63) is 57.5 Å². The highest BCUT2D eigenvalue weighted by atomic mass is 16.2. The molecule has 0 aliphatic heterocycles. The molecule has 0 bridgehead atoms. The maximum absolute atomic E-state index is 12.7. The van der Waals surface area contributed by atoms with E-state index in [1.807, 2.05) is 36.8 Å². The van der Waals surface area contributed by atoms with Gasteiger partial charge in [0, 0.05) is 37.2 Å². The lowest BCUT2D eigenvalue weighted by atomic mass is 10.1. The maximum Gasteiger partial charge on any atom is 0.256 e. The van der Waals surface area contributed by atoms with E-state index in [1.54, 1.807) is 24.7 Å². The van der Waals surface area contributed by atoms with Crippen LogP contribution in [0, 0.1) is 20.8 Å². The van der Waals surface area contributed by atoms with Crippen molar-refractivity contribution in [2.75, 3.05) is 6.54 Å². The van der Waals surface area contributed by atoms with Gasteiger partial charge in [0.15, 0.2) is 0 Å². The van der Waals surface area contributed by atoms with Crippen LogP contribution in [-0.4, -0.2) is 31.6 Å². The first-order valence-electron chi connectivity index (χ1n) is 8.69. The van der Waals surface area contributed by atoms with Crippen molar-refractivity contribution in [3.63, 3.8) is 0 Å². The van der Waals surface area contributed by atoms with Gasteiger partial charge in [0.2, 0.25) is 5.43 Å². The lowest BCUT2D eigenvalue weighted by molar-refractivity contribution is 0.0950. The molecule has 1 N–H and O–H groups in total. The van der Waals surface area contributed by atoms with Gasteiger partial charge in [-0.05, 0) is 39.8 Å². The van der Waals surface area contributed by atoms with Crippen molar-refractivity contribution >= 4 is 16.9 Å². The van der Waals surface area contributed by atoms with Gasteiger partial charge < -0.3 is 14.5 Å². The van der Waals surface area contributed by atoms with E-state index in [0.717, 1.165) is 17.1 Å². The largest absolute Gasteiger partial charge is 0.350 e. The van der Waals surface area contributed by atoms with E-state index in [1.165, 1.54) is 0 Å². The Morgan fingerprint density at radius 1 is 1.19 bits per heavy atom. The Morgan fingerprint density at radius 3 is 2.62 bits per heavy atom. The van der Waals surface area contributed by atoms with Crippen molar-refractivity contribution in [2.45, 2.75) is 40.8 Å². The van der Waals surface area contributed by atoms with Crippen LogP contribution in [0.1, 0.15) is 34.4 Å². The Kier molecular flexibility index (Phi) is 4.88. The minimum Gasteiger partial charge on any atom is -0.350 e. The lowest BCUT2D eigenvalue weighted by Crippen LogP contribution is -2.32. The second-order valence-electron chi connectivity index (χ2n) is 6.35. The Labute approximate surface area is 151 Å². The second-order valence-corrected chi connectivity index (χ2v) is 6.35. The third-order valence-corrected chi connectivity index (χ3v) is 4.63. The van der Waals surface area contributed by atoms with E-state index in [4.69, 9.17) is 0 Å². The SMILES string of the molecule is CCn1cc(C(=O)NCCn2cnc(C)c2C)c(=O)c2ccc(C)nc21. The summed E-state index contributed by atoms with van der Waals surface area (Å²) >= 11 is 0. The van der Waals surface area contributed by atoms with Crippen LogP contribution in [0.5, 0.6) is 0 Å². The van der Waals surface area contributed by atoms with E-state index < -0.39 is 0 Å². The van der Waals surface area contributed by atoms with E-state index in [-0.39, 0.29) is 16.9 Å². The van der Waals surface area contributed by atoms with Gasteiger partial charge in [-0.3, -0.25) is 9.59 Å². The van der Waals surface area contributed by atoms with E-state index in [0.29, 0.717) is 30.7 Å². The molecule has 3 aromatic rings. The molecular formula is C19H23N5O2. The molecule has 0 aromatic carbocycles. The lowest BCUT2D eigenvalue weighted by Gasteiger charge is -2.12. The molecule has 3 heterocycles. The van der Waals surface area contributed by atoms with Crippen molar-refractivity contribution in [3.8, 4) is 0 Å². The van der Waals surface area contributed by atoms with Crippen LogP contribution in [-0.2, 0) is 13.1 Å². The summed E-state index contributed by atoms with van der Waals surface area (Å²) in [5, 5.41) is 3.29. The summed E-state index contributed by atoms with van der Waals surface area (Å²) in [6.45, 7) is 9.43. The highest BCUT2D eigenvalue weighted by Gasteiger charge is 2.16. The molecule has 0 radical (unpaired) electrons. The number of amides is 1. The van der Waals surface area contributed by atoms with Crippen LogP contribution in [0.15, 0.2) is 29.5 Å². The number of nitrogens with one attached hydrogen (secondary N) is 1. The van der Waals surface area contributed by atoms with Gasteiger partial charge >= 0.3 is 0 Å². The van der Waals surface area contributed by atoms with E-state index >= 15 is 0 Å². The molecule has 0 unspecified atom stereocenters. The van der Waals surface area contributed by atoms with Crippen LogP contribution in [0.2, 0.25) is 0 Å². The van der Waals surface area contributed by atoms with Gasteiger partial charge in [-0.25, -0.2) is 9.97 Å². The number of aromatic nitrogens is 4. The zero-order chi connectivity index (χ0) is 18.8. The molecule has 3 aromatic heterocycles. The summed E-state index contributed by atoms with van der Waals surface area (Å²) in [5.41, 5.74) is 3.34. The molecule has 7 nitrogen and oxygen atoms in total. The van der Waals surface area contributed by atoms with Gasteiger partial charge in [-0.1, -0.05) is 0 Å². The minimum absolute atomic E-state index is 0.142. The molecule has 0 saturated heterocycles. The minimum atomic E-state index is -0.367. The molecular weight excluding hydrogens is 330 g/mol. The number of nitrogens with zero attached hydrogens (tertiary/aromatic N) is 4. The van der Waals surface area contributed by atoms with Crippen molar-refractivity contribution in [1.29, 1.82) is 0 Å². The number of carbonyl (C=O) groups excluding carboxylic acids is 1. The Balaban J connectivity index is 1.84. The Morgan fingerprint density at radius 2 is 1.96 bits per heavy atom. The van der Waals surface area contributed by atoms with Gasteiger partial charge in [0.25, 0.3) is 5.91 Å². The van der Waals surface area contributed by atoms with Gasteiger partial charge in [0.05, 0.1) is 17.4 Å². The predicted octanol–water partition coefficient (Wildman–Crippen LogP) is 1.97. The average Bonchev–Trinajstić information content (AvgIpc) is 2.94. The monoisotopic (exact) mass is 353 g/mol. The molecule has 0 aliphatic carbocycles. The zero-order valence-corrected chi connectivity index (χ0v) is 15.5. The first kappa shape index (κ1) is 17.8. The quantitative estimate of drug-likeness (QED) is 0.760. The first-order chi connectivity index (χ1) is 12.4. The summed E-state index contributed by atoms with van der Waals surface area (Å²) in [4.78, 5) is 33.9. The summed E-state index contributed by atoms with van der Waals surface area (Å²) in [7, 11) is 0. The maximum atomic E-state index is 12.7. The fourth-order valence-corrected chi connectivity index (χ4v) is 2.92. The average molecular weight is 353 g/mol. The van der Waals surface area contributed by atoms with Gasteiger partial charge in [0.1, 0.15) is 11.2 Å². The number of hydrogen-bond acceptors (Lipinski definition) is 4. The number of aryl methyl sites for hydroxylation is 3. The van der Waals surface area contributed by atoms with Gasteiger partial charge in [-0.15, -0.1) is 0 Å². The van der Waals surface area contributed by atoms with Crippen LogP contribution in [0.25, 0.3) is 11.0 Å². The summed E-state index contributed by atoms with van der Waals surface area (Å²) in [5.74, 6) is -0.367. The molecule has 136 valence electrons. The molecule has 3 rings (SSSR count). The number of imidazole rings is 1. The summed E-state index contributed by atoms with van der Waals surface area (Å²) in [6, 6.07) is 3.52. The highest BCUT2D eigenvalue weighted by molar-refractivity contribution is 5.96. The van der Waals surface area contributed by atoms with Crippen molar-refractivity contribution < 1.29 is 4.79 Å². The van der Waals surface area contributed by atoms with Crippen LogP contribution >= 0.6 is 0 Å². The second kappa shape index (κ2) is 7.11. The topological polar surface area (TPSA) is 81.8 Å². The van der Waals surface area contributed by atoms with Crippen LogP contribution < -0.4 is 10.7 Å². The van der Waals surface area contributed by atoms with E-state index in [2.05, 4.69) is 15.3 Å². The fraction of sp³-hybridized carbons (Fsp3) is 0.368. The summed E-state index contributed by atoms with van der Waals surface area (Å²) in [6.07, 6.45) is 3.35. The Hall–Kier alpha value is -2.96. The third-order valence-electron chi connectivity index (χ3n) is 4.63. The predicted molar refractivity (Wildman–Crippen MR) is 100 cm³/mol. The van der Waals surface area contributed by atoms with Crippen molar-refractivity contribution in [2.24, 2.45) is 0 Å². The van der Waals surface area contributed by atoms with Gasteiger partial charge in [-0.2, -0.15) is 0 Å². The number of rotatable bonds is 5. The molecule has 1 amide bonds. The molecule has 0 saturated carbocycles. The van der Waals surface area contributed by atoms with E-state index in [9.17, 15) is 9.59 Å². The fourth-order valence-electron chi connectivity index (χ4n) is 2.92. The number of pyridine rings is 2. The Bertz CT molecular complexity index is 1030. The first-order valence-corrected chi connectivity index (χ1v) is 8.69. The number of carbonyl (C=O) groups is 1. The third kappa shape index (κ3) is 3.24. The van der Waals surface area contributed by atoms with Crippen LogP contribution in [0.4, 0.5) is 0 Å². The molecule has 0 atom stereocenters. The molecule has 0 aliphatic rings. The summed E-state index contributed by atoms with van der Waals surface area (Å²) < 4.78 is 3.81. The molecule has 0 spiro atoms. The molecule has 0 fully saturated rings. The number of hydrogen-bond donors (Lipinski definition) is 1. The number of fused-ring (bicyclic) bond motifs is 1. The standard InChI is InChI=1S/C19H23N5O2/c1-5-23-10-16(17(25)15-7-6-12(2)22-18(15)23)19(26)20-8-9-24-11-21-13(3)14(24)4/h6-7,10-11H,5,8-9H2,1-4H3,(H,20,26). The van der Waals surface area contributed by atoms with Crippen molar-refractivity contribution in [1.82, 2.24) is 24.4 Å². The normalized spacial score (nSPS) is 11.1. The smallest absolute Gasteiger partial charge is 0.256 e. The molecule has 26 heavy (non-hydrogen) atoms. The van der Waals surface area contributed by atoms with Crippen LogP contribution in [0.3, 0.4) is 0 Å². The molecule has 7 heteroatoms. The zero-order valence-electron chi connectivity index (χ0n) is 15.5.